The van der Waals surface area contributed by atoms with Gasteiger partial charge in [0.15, 0.2) is 0 Å². The number of aryl methyl sites for hydroxylation is 5. The van der Waals surface area contributed by atoms with E-state index in [2.05, 4.69) is 156 Å². The van der Waals surface area contributed by atoms with Crippen LogP contribution < -0.4 is 0 Å². The van der Waals surface area contributed by atoms with Gasteiger partial charge in [-0.05, 0) is 356 Å². The Kier molecular flexibility index (Phi) is 4.40. The van der Waals surface area contributed by atoms with Gasteiger partial charge in [0, 0.05) is 5.92 Å². The number of allylic oxidation sites excluding steroid dienone is 4. The molecular weight excluding hydrogens is 1140 g/mol. The van der Waals surface area contributed by atoms with Crippen molar-refractivity contribution in [3.63, 3.8) is 0 Å². The summed E-state index contributed by atoms with van der Waals surface area (Å²) in [6.07, 6.45) is 0. The molecule has 0 aliphatic heterocycles. The van der Waals surface area contributed by atoms with Gasteiger partial charge in [-0.3, -0.25) is 0 Å². The fraction of sp³-hybridized carbons (Fsp3) is 0.116. The van der Waals surface area contributed by atoms with Crippen molar-refractivity contribution in [3.05, 3.63) is 255 Å². The molecule has 0 N–H and O–H groups in total. The summed E-state index contributed by atoms with van der Waals surface area (Å²) in [5.41, 5.74) is 34.9. The zero-order valence-corrected chi connectivity index (χ0v) is 51.6. The molecule has 416 valence electrons. The first-order valence-corrected chi connectivity index (χ1v) is 35.5. The first-order valence-electron chi connectivity index (χ1n) is 35.5. The van der Waals surface area contributed by atoms with Crippen molar-refractivity contribution >= 4 is 215 Å². The maximum absolute atomic E-state index is 2.76. The maximum atomic E-state index is 2.76. The number of hydrogen-bond acceptors (Lipinski definition) is 0. The second-order valence-electron chi connectivity index (χ2n) is 33.9. The predicted molar refractivity (Wildman–Crippen MR) is 391 cm³/mol. The minimum Gasteiger partial charge on any atom is -0.0617 e. The van der Waals surface area contributed by atoms with Gasteiger partial charge in [-0.2, -0.15) is 0 Å². The van der Waals surface area contributed by atoms with Crippen molar-refractivity contribution in [1.29, 1.82) is 0 Å². The van der Waals surface area contributed by atoms with E-state index in [1.165, 1.54) is 55.6 Å². The van der Waals surface area contributed by atoms with Crippen LogP contribution in [0.1, 0.15) is 111 Å². The lowest BCUT2D eigenvalue weighted by Crippen LogP contribution is -2.57. The van der Waals surface area contributed by atoms with E-state index in [0.29, 0.717) is 0 Å². The lowest BCUT2D eigenvalue weighted by Gasteiger charge is -2.60. The highest BCUT2D eigenvalue weighted by Gasteiger charge is 2.83. The molecule has 0 amide bonds. The highest BCUT2D eigenvalue weighted by Crippen LogP contribution is 2.93. The number of benzene rings is 20. The molecule has 26 aromatic rings. The Balaban J connectivity index is 1.05. The Morgan fingerprint density at radius 2 is 0.368 bits per heavy atom. The monoisotopic (exact) mass is 1180 g/mol. The van der Waals surface area contributed by atoms with Crippen LogP contribution in [0.5, 0.6) is 0 Å². The van der Waals surface area contributed by atoms with E-state index >= 15 is 0 Å². The molecule has 4 unspecified atom stereocenters. The summed E-state index contributed by atoms with van der Waals surface area (Å²) in [6.45, 7) is 12.1. The predicted octanol–water partition coefficient (Wildman–Crippen LogP) is 22.7. The second kappa shape index (κ2) is 10.2. The standard InChI is InChI=1S/C95H36/c1-26-11-6-16-31(21-26)91-76-66-56-46-41-36-37-39-40-38(36)43-50-48(41)58(56)68-70-60(50)62-52(43)54-45(40)55-53-44(39)51-49-42(37)47(46)57-59(49)69-71-61(51)63(53)73-75-65(55)64(54)74-72(62)82-80(70)92(78(68)76,32-17-7-12-27(2)22-32)87-86(91)88-90-89(87)94(82,34-19-9-14-29(4)24-34)84(74)85(75)95(90,35-20-10-15-30(5)25-35)83(73)81(71)93(88,79(69)77(91)67(57)66)33-18-8-13-28(3)23-33/h6-25,86H,1-5H3. The van der Waals surface area contributed by atoms with Crippen molar-refractivity contribution in [3.8, 4) is 0 Å². The van der Waals surface area contributed by atoms with E-state index in [4.69, 9.17) is 0 Å². The van der Waals surface area contributed by atoms with Gasteiger partial charge < -0.3 is 0 Å². The summed E-state index contributed by atoms with van der Waals surface area (Å²) < 4.78 is 0. The average Bonchev–Trinajstić information content (AvgIpc) is 1.37. The number of rotatable bonds is 5. The molecule has 0 aromatic heterocycles. The molecule has 0 heterocycles. The third-order valence-electron chi connectivity index (χ3n) is 31.9. The molecule has 11 aliphatic carbocycles. The van der Waals surface area contributed by atoms with Crippen LogP contribution in [0.3, 0.4) is 0 Å². The summed E-state index contributed by atoms with van der Waals surface area (Å²) in [6, 6.07) is 51.9. The Morgan fingerprint density at radius 3 is 0.611 bits per heavy atom. The second-order valence-corrected chi connectivity index (χ2v) is 33.9. The summed E-state index contributed by atoms with van der Waals surface area (Å²) >= 11 is 0. The number of hydrogen-bond donors (Lipinski definition) is 0. The van der Waals surface area contributed by atoms with Gasteiger partial charge in [-0.1, -0.05) is 149 Å². The average molecular weight is 1180 g/mol. The first-order chi connectivity index (χ1) is 46.8. The van der Waals surface area contributed by atoms with Crippen LogP contribution in [0.4, 0.5) is 0 Å². The van der Waals surface area contributed by atoms with Gasteiger partial charge >= 0.3 is 0 Å². The smallest absolute Gasteiger partial charge is 0.0617 e. The van der Waals surface area contributed by atoms with Gasteiger partial charge in [0.05, 0.1) is 27.1 Å². The molecule has 0 spiro atoms. The first kappa shape index (κ1) is 40.9. The molecule has 0 radical (unpaired) electrons. The molecule has 0 saturated carbocycles. The Bertz CT molecular complexity index is 8330. The van der Waals surface area contributed by atoms with Crippen LogP contribution in [0.25, 0.3) is 215 Å². The summed E-state index contributed by atoms with van der Waals surface area (Å²) in [5.74, 6) is -0.0470. The van der Waals surface area contributed by atoms with Crippen LogP contribution in [-0.2, 0) is 27.1 Å². The fourth-order valence-corrected chi connectivity index (χ4v) is 31.3. The Labute approximate surface area is 534 Å². The molecule has 0 nitrogen and oxygen atoms in total. The molecule has 4 atom stereocenters. The summed E-state index contributed by atoms with van der Waals surface area (Å²) in [7, 11) is 0. The van der Waals surface area contributed by atoms with Crippen molar-refractivity contribution in [2.24, 2.45) is 5.92 Å². The van der Waals surface area contributed by atoms with E-state index < -0.39 is 27.1 Å². The summed E-state index contributed by atoms with van der Waals surface area (Å²) in [4.78, 5) is 0. The van der Waals surface area contributed by atoms with Crippen molar-refractivity contribution in [2.45, 2.75) is 61.7 Å². The van der Waals surface area contributed by atoms with Gasteiger partial charge in [0.25, 0.3) is 0 Å². The van der Waals surface area contributed by atoms with E-state index in [0.717, 1.165) is 0 Å². The molecule has 95 heavy (non-hydrogen) atoms. The SMILES string of the molecule is Cc1cccc(C23C4=C5C6C7=C4C4(c8cccc(C)c8)c8c2c2c9c3c3c%10c%11c(c%12c%13c%14c(c%15c%16c%17c(c4c4c8c8c2c2c%18c9c%10c9c%10c%11c%13c%11c%13c%14c%16c%14c%16c%17c4c4c8c2c2c(c%189)c(c%10%11)c(c%14%13)c2c4%16)C7%15c2cccc(C)c2)C%126c2cccc(C)c2)C53c2cccc(C)c2)c1. The highest BCUT2D eigenvalue weighted by molar-refractivity contribution is 6.77. The third-order valence-corrected chi connectivity index (χ3v) is 31.9. The quantitative estimate of drug-likeness (QED) is 0.151. The highest BCUT2D eigenvalue weighted by atomic mass is 14.8. The molecule has 0 bridgehead atoms. The summed E-state index contributed by atoms with van der Waals surface area (Å²) in [5, 5.41) is 65.3. The normalized spacial score (nSPS) is 26.0. The van der Waals surface area contributed by atoms with Crippen LogP contribution in [0.15, 0.2) is 144 Å². The zero-order chi connectivity index (χ0) is 59.2. The van der Waals surface area contributed by atoms with Gasteiger partial charge in [0.1, 0.15) is 0 Å². The van der Waals surface area contributed by atoms with Gasteiger partial charge in [-0.25, -0.2) is 0 Å². The minimum atomic E-state index is -0.654. The van der Waals surface area contributed by atoms with Crippen LogP contribution >= 0.6 is 0 Å². The third kappa shape index (κ3) is 2.59. The molecule has 11 aliphatic rings. The largest absolute Gasteiger partial charge is 0.0724 e. The molecule has 26 aromatic carbocycles. The molecular formula is C95H36. The van der Waals surface area contributed by atoms with Crippen molar-refractivity contribution in [1.82, 2.24) is 0 Å². The van der Waals surface area contributed by atoms with Crippen LogP contribution in [-0.4, -0.2) is 0 Å². The minimum absolute atomic E-state index is 0.0470. The topological polar surface area (TPSA) is 0 Å². The molecule has 37 rings (SSSR count). The lowest BCUT2D eigenvalue weighted by molar-refractivity contribution is 0.369. The van der Waals surface area contributed by atoms with Gasteiger partial charge in [-0.15, -0.1) is 0 Å². The van der Waals surface area contributed by atoms with E-state index in [-0.39, 0.29) is 5.92 Å². The van der Waals surface area contributed by atoms with Crippen molar-refractivity contribution in [2.75, 3.05) is 0 Å². The fourth-order valence-electron chi connectivity index (χ4n) is 31.3. The Hall–Kier alpha value is -10.9. The van der Waals surface area contributed by atoms with E-state index in [9.17, 15) is 0 Å². The molecule has 0 fully saturated rings. The van der Waals surface area contributed by atoms with Crippen LogP contribution in [0, 0.1) is 40.5 Å². The zero-order valence-electron chi connectivity index (χ0n) is 51.6. The van der Waals surface area contributed by atoms with E-state index in [1.54, 1.807) is 293 Å². The Morgan fingerprint density at radius 1 is 0.189 bits per heavy atom. The van der Waals surface area contributed by atoms with Gasteiger partial charge in [0.2, 0.25) is 0 Å². The molecule has 0 saturated heterocycles. The lowest BCUT2D eigenvalue weighted by atomic mass is 9.40. The van der Waals surface area contributed by atoms with Crippen molar-refractivity contribution < 1.29 is 0 Å². The maximum Gasteiger partial charge on any atom is 0.0724 e. The molecule has 0 heteroatoms. The van der Waals surface area contributed by atoms with E-state index in [1.807, 2.05) is 0 Å². The van der Waals surface area contributed by atoms with Crippen LogP contribution in [0.2, 0.25) is 0 Å².